The number of fused-ring (bicyclic) bond motifs is 2. The van der Waals surface area contributed by atoms with Crippen molar-refractivity contribution in [2.45, 2.75) is 39.3 Å². The van der Waals surface area contributed by atoms with Crippen LogP contribution in [0.15, 0.2) is 18.2 Å². The second-order valence-electron chi connectivity index (χ2n) is 9.65. The first-order chi connectivity index (χ1) is 16.7. The van der Waals surface area contributed by atoms with Gasteiger partial charge in [0.1, 0.15) is 16.9 Å². The molecule has 5 heterocycles. The Labute approximate surface area is 235 Å². The van der Waals surface area contributed by atoms with E-state index in [9.17, 15) is 24.6 Å². The summed E-state index contributed by atoms with van der Waals surface area (Å²) in [6.45, 7) is 11.2. The van der Waals surface area contributed by atoms with E-state index in [0.717, 1.165) is 32.7 Å². The monoisotopic (exact) mass is 523 g/mol. The molecule has 188 valence electrons. The zero-order valence-corrected chi connectivity index (χ0v) is 24.0. The number of hydrogen-bond acceptors (Lipinski definition) is 9. The number of carboxylic acids is 1. The molecule has 3 aliphatic rings. The van der Waals surface area contributed by atoms with Crippen molar-refractivity contribution in [1.82, 2.24) is 24.1 Å². The molecule has 0 bridgehead atoms. The van der Waals surface area contributed by atoms with E-state index in [4.69, 9.17) is 0 Å². The van der Waals surface area contributed by atoms with Gasteiger partial charge in [-0.15, -0.1) is 11.3 Å². The van der Waals surface area contributed by atoms with Crippen molar-refractivity contribution in [2.24, 2.45) is 11.8 Å². The Morgan fingerprint density at radius 2 is 1.92 bits per heavy atom. The van der Waals surface area contributed by atoms with Crippen molar-refractivity contribution in [3.05, 3.63) is 28.8 Å². The largest absolute Gasteiger partial charge is 1.00 e. The molecule has 2 aromatic heterocycles. The first-order valence-corrected chi connectivity index (χ1v) is 13.0. The number of carbonyl (C=O) groups is 3. The summed E-state index contributed by atoms with van der Waals surface area (Å²) in [4.78, 5) is 49.3. The van der Waals surface area contributed by atoms with E-state index in [2.05, 4.69) is 21.7 Å². The molecule has 5 rings (SSSR count). The molecule has 1 amide bonds. The summed E-state index contributed by atoms with van der Waals surface area (Å²) in [5, 5.41) is 22.1. The summed E-state index contributed by atoms with van der Waals surface area (Å²) in [5.74, 6) is -2.78. The van der Waals surface area contributed by atoms with Gasteiger partial charge in [0.25, 0.3) is 0 Å². The van der Waals surface area contributed by atoms with Gasteiger partial charge in [-0.1, -0.05) is 13.8 Å². The summed E-state index contributed by atoms with van der Waals surface area (Å²) in [6, 6.07) is -0.417. The minimum absolute atomic E-state index is 0. The molecule has 0 aliphatic carbocycles. The number of aliphatic hydroxyl groups excluding tert-OH is 1. The van der Waals surface area contributed by atoms with Gasteiger partial charge in [0.15, 0.2) is 5.78 Å². The van der Waals surface area contributed by atoms with Crippen LogP contribution in [0.3, 0.4) is 0 Å². The fourth-order valence-electron chi connectivity index (χ4n) is 5.71. The summed E-state index contributed by atoms with van der Waals surface area (Å²) in [7, 11) is 0. The molecule has 0 saturated carbocycles. The molecule has 2 fully saturated rings. The molecule has 0 aromatic carbocycles. The Bertz CT molecular complexity index is 1210. The van der Waals surface area contributed by atoms with E-state index >= 15 is 0 Å². The van der Waals surface area contributed by atoms with Crippen LogP contribution in [0.25, 0.3) is 10.4 Å². The molecule has 36 heavy (non-hydrogen) atoms. The van der Waals surface area contributed by atoms with Crippen LogP contribution in [0.4, 0.5) is 0 Å². The van der Waals surface area contributed by atoms with E-state index in [1.165, 1.54) is 16.2 Å². The van der Waals surface area contributed by atoms with Crippen molar-refractivity contribution in [1.29, 1.82) is 0 Å². The molecule has 12 heteroatoms. The number of piperazine rings is 1. The smallest absolute Gasteiger partial charge is 0.543 e. The van der Waals surface area contributed by atoms with Crippen LogP contribution in [0.2, 0.25) is 0 Å². The number of aliphatic hydroxyl groups is 1. The average Bonchev–Trinajstić information content (AvgIpc) is 3.47. The fraction of sp³-hybridized carbons (Fsp3) is 0.583. The van der Waals surface area contributed by atoms with Crippen LogP contribution in [0.1, 0.15) is 42.6 Å². The van der Waals surface area contributed by atoms with Crippen molar-refractivity contribution in [3.8, 4) is 0 Å². The van der Waals surface area contributed by atoms with Crippen LogP contribution >= 0.6 is 11.3 Å². The second kappa shape index (κ2) is 10.6. The number of likely N-dealkylation sites (N-methyl/N-ethyl adjacent to an activating group) is 1. The summed E-state index contributed by atoms with van der Waals surface area (Å²) < 4.78 is 1.74. The van der Waals surface area contributed by atoms with E-state index in [0.29, 0.717) is 33.9 Å². The number of hydrogen-bond donors (Lipinski definition) is 1. The molecule has 10 nitrogen and oxygen atoms in total. The molecule has 3 aliphatic heterocycles. The Balaban J connectivity index is 0.00000304. The van der Waals surface area contributed by atoms with Crippen LogP contribution in [0.5, 0.6) is 0 Å². The zero-order valence-electron chi connectivity index (χ0n) is 21.1. The molecule has 0 radical (unpaired) electrons. The average molecular weight is 524 g/mol. The Morgan fingerprint density at radius 3 is 2.53 bits per heavy atom. The Morgan fingerprint density at radius 1 is 1.25 bits per heavy atom. The van der Waals surface area contributed by atoms with Crippen LogP contribution in [0, 0.1) is 11.8 Å². The first kappa shape index (κ1) is 27.4. The second-order valence-corrected chi connectivity index (χ2v) is 10.7. The fourth-order valence-corrected chi connectivity index (χ4v) is 6.94. The third-order valence-corrected chi connectivity index (χ3v) is 8.82. The number of Topliss-reactive ketones (excluding diaryl/α,β-unsaturated/α-hetero) is 1. The normalized spacial score (nSPS) is 25.6. The predicted octanol–water partition coefficient (Wildman–Crippen LogP) is -3.07. The molecule has 4 atom stereocenters. The van der Waals surface area contributed by atoms with Gasteiger partial charge >= 0.3 is 29.6 Å². The van der Waals surface area contributed by atoms with Gasteiger partial charge in [0.05, 0.1) is 34.6 Å². The zero-order chi connectivity index (χ0) is 25.0. The van der Waals surface area contributed by atoms with Gasteiger partial charge in [-0.05, 0) is 13.5 Å². The number of carbonyl (C=O) groups excluding carboxylic acids is 3. The predicted molar refractivity (Wildman–Crippen MR) is 127 cm³/mol. The maximum atomic E-state index is 13.0. The molecule has 0 unspecified atom stereocenters. The van der Waals surface area contributed by atoms with Crippen LogP contribution in [-0.2, 0) is 9.59 Å². The minimum Gasteiger partial charge on any atom is -0.543 e. The van der Waals surface area contributed by atoms with Crippen molar-refractivity contribution < 1.29 is 54.2 Å². The van der Waals surface area contributed by atoms with Crippen molar-refractivity contribution >= 4 is 39.4 Å². The molecular formula is C24H30N5NaO5S. The number of aromatic nitrogens is 2. The van der Waals surface area contributed by atoms with Gasteiger partial charge in [-0.25, -0.2) is 4.98 Å². The summed E-state index contributed by atoms with van der Waals surface area (Å²) in [5.41, 5.74) is 0.754. The number of aliphatic carboxylic acids is 1. The molecule has 2 saturated heterocycles. The van der Waals surface area contributed by atoms with Crippen LogP contribution in [-0.4, -0.2) is 98.3 Å². The number of imidazole rings is 1. The molecular weight excluding hydrogens is 493 g/mol. The number of ketones is 1. The van der Waals surface area contributed by atoms with E-state index < -0.39 is 29.9 Å². The topological polar surface area (TPSA) is 122 Å². The number of carboxylic acid groups (broad SMARTS) is 1. The third-order valence-electron chi connectivity index (χ3n) is 7.67. The third kappa shape index (κ3) is 4.48. The van der Waals surface area contributed by atoms with Gasteiger partial charge in [-0.2, -0.15) is 0 Å². The quantitative estimate of drug-likeness (QED) is 0.220. The van der Waals surface area contributed by atoms with Crippen LogP contribution < -0.4 is 34.7 Å². The Kier molecular flexibility index (Phi) is 8.11. The molecule has 1 N–H and O–H groups in total. The molecule has 2 aromatic rings. The van der Waals surface area contributed by atoms with Gasteiger partial charge in [0, 0.05) is 56.8 Å². The van der Waals surface area contributed by atoms with Gasteiger partial charge in [0.2, 0.25) is 5.91 Å². The number of β-lactam (4-membered cyclic amide) rings is 1. The minimum atomic E-state index is -1.41. The Hall–Kier alpha value is -1.60. The number of rotatable bonds is 8. The van der Waals surface area contributed by atoms with Gasteiger partial charge in [-0.3, -0.25) is 14.0 Å². The van der Waals surface area contributed by atoms with Crippen molar-refractivity contribution in [2.75, 3.05) is 39.3 Å². The maximum Gasteiger partial charge on any atom is 1.00 e. The first-order valence-electron chi connectivity index (χ1n) is 12.1. The number of amides is 1. The number of thiazole rings is 1. The summed E-state index contributed by atoms with van der Waals surface area (Å²) in [6.07, 6.45) is 2.83. The van der Waals surface area contributed by atoms with E-state index in [1.54, 1.807) is 23.8 Å². The van der Waals surface area contributed by atoms with E-state index in [-0.39, 0.29) is 47.0 Å². The van der Waals surface area contributed by atoms with E-state index in [1.807, 2.05) is 6.92 Å². The number of nitrogens with zero attached hydrogens (tertiary/aromatic N) is 5. The molecule has 0 spiro atoms. The maximum absolute atomic E-state index is 13.0. The standard InChI is InChI=1S/C24H31N5O5S.Na/c1-4-26-7-9-27(10-8-26)6-5-15(31)19-23-28(12-25-19)11-16(35-23)17-13(2)20-18(14(3)30)22(32)29(20)21(17)24(33)34;/h11-14,18,20,30H,4-10H2,1-3H3,(H,33,34);/q;+1/p-1/t13-,14+,18+,20+;/m0./s1. The van der Waals surface area contributed by atoms with Crippen molar-refractivity contribution in [3.63, 3.8) is 0 Å². The van der Waals surface area contributed by atoms with Gasteiger partial charge < -0.3 is 29.7 Å². The SMILES string of the molecule is CCN1CCN(CCC(=O)c2ncn3cc(C4=C(C(=O)[O-])N5C(=O)[C@H]([C@@H](C)O)[C@H]5[C@H]4C)sc23)CC1.[Na+]. The summed E-state index contributed by atoms with van der Waals surface area (Å²) >= 11 is 1.30.